The Labute approximate surface area is 250 Å². The van der Waals surface area contributed by atoms with Crippen LogP contribution in [0, 0.1) is 0 Å². The molecular formula is C34H24N2O6S. The van der Waals surface area contributed by atoms with Crippen molar-refractivity contribution in [2.75, 3.05) is 11.5 Å². The third-order valence-corrected chi connectivity index (χ3v) is 8.14. The van der Waals surface area contributed by atoms with E-state index in [4.69, 9.17) is 18.9 Å². The Hall–Kier alpha value is -5.41. The van der Waals surface area contributed by atoms with E-state index in [0.717, 1.165) is 10.1 Å². The van der Waals surface area contributed by atoms with E-state index in [1.54, 1.807) is 36.4 Å². The summed E-state index contributed by atoms with van der Waals surface area (Å²) in [5.74, 6) is -0.145. The lowest BCUT2D eigenvalue weighted by molar-refractivity contribution is -0.117. The van der Waals surface area contributed by atoms with Crippen molar-refractivity contribution in [3.05, 3.63) is 126 Å². The van der Waals surface area contributed by atoms with Gasteiger partial charge in [0, 0.05) is 5.39 Å². The molecule has 0 saturated heterocycles. The molecule has 0 bridgehead atoms. The molecule has 43 heavy (non-hydrogen) atoms. The Balaban J connectivity index is 1.35. The second-order valence-corrected chi connectivity index (χ2v) is 10.9. The molecule has 0 aliphatic carbocycles. The van der Waals surface area contributed by atoms with E-state index >= 15 is 0 Å². The first-order valence-corrected chi connectivity index (χ1v) is 14.5. The van der Waals surface area contributed by atoms with Crippen LogP contribution in [0.5, 0.6) is 17.2 Å². The van der Waals surface area contributed by atoms with Gasteiger partial charge in [-0.3, -0.25) is 14.5 Å². The normalized spacial score (nSPS) is 15.0. The molecule has 3 heterocycles. The van der Waals surface area contributed by atoms with Crippen LogP contribution in [0.2, 0.25) is 0 Å². The SMILES string of the molecule is CCOc1ccc2nc(N3C(=O)C(O)=C(C(=O)c4cc5ccccc5o4)C3c3cccc(Oc4ccccc4)c3)sc2c1. The number of hydrogen-bond donors (Lipinski definition) is 1. The minimum Gasteiger partial charge on any atom is -0.503 e. The van der Waals surface area contributed by atoms with Crippen molar-refractivity contribution in [2.24, 2.45) is 0 Å². The van der Waals surface area contributed by atoms with Gasteiger partial charge in [0.25, 0.3) is 5.91 Å². The number of thiazole rings is 1. The minimum absolute atomic E-state index is 0.0183. The van der Waals surface area contributed by atoms with Crippen molar-refractivity contribution in [3.8, 4) is 17.2 Å². The second-order valence-electron chi connectivity index (χ2n) is 9.86. The van der Waals surface area contributed by atoms with Crippen molar-refractivity contribution in [1.82, 2.24) is 4.98 Å². The van der Waals surface area contributed by atoms with Crippen molar-refractivity contribution in [1.29, 1.82) is 0 Å². The van der Waals surface area contributed by atoms with Gasteiger partial charge >= 0.3 is 0 Å². The first kappa shape index (κ1) is 26.5. The number of rotatable bonds is 8. The molecular weight excluding hydrogens is 564 g/mol. The molecule has 1 aliphatic heterocycles. The maximum Gasteiger partial charge on any atom is 0.296 e. The van der Waals surface area contributed by atoms with Gasteiger partial charge in [-0.25, -0.2) is 4.98 Å². The van der Waals surface area contributed by atoms with E-state index in [9.17, 15) is 14.7 Å². The molecule has 8 nitrogen and oxygen atoms in total. The predicted octanol–water partition coefficient (Wildman–Crippen LogP) is 8.02. The fourth-order valence-electron chi connectivity index (χ4n) is 5.20. The smallest absolute Gasteiger partial charge is 0.296 e. The second kappa shape index (κ2) is 10.8. The zero-order valence-corrected chi connectivity index (χ0v) is 23.7. The average Bonchev–Trinajstić information content (AvgIpc) is 3.71. The molecule has 2 aromatic heterocycles. The number of benzene rings is 4. The number of aliphatic hydroxyl groups excluding tert-OH is 1. The number of aliphatic hydroxyl groups is 1. The number of ketones is 1. The van der Waals surface area contributed by atoms with Crippen LogP contribution in [-0.2, 0) is 4.79 Å². The molecule has 0 radical (unpaired) electrons. The molecule has 0 fully saturated rings. The lowest BCUT2D eigenvalue weighted by Crippen LogP contribution is -2.31. The average molecular weight is 589 g/mol. The number of carbonyl (C=O) groups excluding carboxylic acids is 2. The topological polar surface area (TPSA) is 102 Å². The Morgan fingerprint density at radius 2 is 1.72 bits per heavy atom. The van der Waals surface area contributed by atoms with Crippen LogP contribution in [0.15, 0.2) is 119 Å². The molecule has 9 heteroatoms. The summed E-state index contributed by atoms with van der Waals surface area (Å²) in [5, 5.41) is 12.3. The van der Waals surface area contributed by atoms with Crippen LogP contribution in [0.3, 0.4) is 0 Å². The Morgan fingerprint density at radius 3 is 2.53 bits per heavy atom. The van der Waals surface area contributed by atoms with Crippen molar-refractivity contribution >= 4 is 49.3 Å². The summed E-state index contributed by atoms with van der Waals surface area (Å²) < 4.78 is 18.4. The highest BCUT2D eigenvalue weighted by Crippen LogP contribution is 2.45. The fraction of sp³-hybridized carbons (Fsp3) is 0.0882. The van der Waals surface area contributed by atoms with E-state index in [1.807, 2.05) is 73.7 Å². The fourth-order valence-corrected chi connectivity index (χ4v) is 6.22. The maximum absolute atomic E-state index is 14.0. The first-order valence-electron chi connectivity index (χ1n) is 13.7. The molecule has 0 saturated carbocycles. The third-order valence-electron chi connectivity index (χ3n) is 7.12. The van der Waals surface area contributed by atoms with Crippen LogP contribution < -0.4 is 14.4 Å². The summed E-state index contributed by atoms with van der Waals surface area (Å²) in [6.07, 6.45) is 0. The number of amides is 1. The summed E-state index contributed by atoms with van der Waals surface area (Å²) in [6, 6.07) is 29.7. The molecule has 7 rings (SSSR count). The Morgan fingerprint density at radius 1 is 0.930 bits per heavy atom. The van der Waals surface area contributed by atoms with Gasteiger partial charge in [-0.1, -0.05) is 59.9 Å². The van der Waals surface area contributed by atoms with Gasteiger partial charge in [-0.2, -0.15) is 0 Å². The molecule has 212 valence electrons. The number of anilines is 1. The zero-order valence-electron chi connectivity index (χ0n) is 22.9. The predicted molar refractivity (Wildman–Crippen MR) is 164 cm³/mol. The quantitative estimate of drug-likeness (QED) is 0.180. The van der Waals surface area contributed by atoms with Crippen molar-refractivity contribution in [2.45, 2.75) is 13.0 Å². The third kappa shape index (κ3) is 4.79. The highest BCUT2D eigenvalue weighted by atomic mass is 32.1. The number of ether oxygens (including phenoxy) is 2. The minimum atomic E-state index is -1.00. The first-order chi connectivity index (χ1) is 21.0. The van der Waals surface area contributed by atoms with Gasteiger partial charge in [0.1, 0.15) is 22.8 Å². The number of fused-ring (bicyclic) bond motifs is 2. The monoisotopic (exact) mass is 588 g/mol. The number of hydrogen-bond acceptors (Lipinski definition) is 8. The highest BCUT2D eigenvalue weighted by molar-refractivity contribution is 7.22. The van der Waals surface area contributed by atoms with Crippen LogP contribution in [0.25, 0.3) is 21.2 Å². The summed E-state index contributed by atoms with van der Waals surface area (Å²) in [7, 11) is 0. The molecule has 1 atom stereocenters. The van der Waals surface area contributed by atoms with Gasteiger partial charge in [-0.15, -0.1) is 0 Å². The molecule has 1 aliphatic rings. The number of nitrogens with zero attached hydrogens (tertiary/aromatic N) is 2. The van der Waals surface area contributed by atoms with Gasteiger partial charge in [-0.05, 0) is 67.1 Å². The van der Waals surface area contributed by atoms with Gasteiger partial charge < -0.3 is 19.0 Å². The van der Waals surface area contributed by atoms with Gasteiger partial charge in [0.15, 0.2) is 16.7 Å². The summed E-state index contributed by atoms with van der Waals surface area (Å²) in [4.78, 5) is 33.9. The van der Waals surface area contributed by atoms with Crippen LogP contribution in [0.4, 0.5) is 5.13 Å². The van der Waals surface area contributed by atoms with Gasteiger partial charge in [0.05, 0.1) is 28.4 Å². The zero-order chi connectivity index (χ0) is 29.5. The van der Waals surface area contributed by atoms with Crippen LogP contribution in [0.1, 0.15) is 29.1 Å². The van der Waals surface area contributed by atoms with E-state index in [0.29, 0.717) is 45.7 Å². The standard InChI is InChI=1S/C34H24N2O6S/c1-2-40-23-15-16-25-28(19-23)43-34(35-25)36-30(21-10-8-13-24(17-21)41-22-11-4-3-5-12-22)29(32(38)33(36)39)31(37)27-18-20-9-6-7-14-26(20)42-27/h3-19,30,38H,2H2,1H3. The van der Waals surface area contributed by atoms with Crippen molar-refractivity contribution in [3.63, 3.8) is 0 Å². The number of carbonyl (C=O) groups is 2. The summed E-state index contributed by atoms with van der Waals surface area (Å²) in [5.41, 5.74) is 1.64. The van der Waals surface area contributed by atoms with E-state index in [-0.39, 0.29) is 11.3 Å². The molecule has 1 unspecified atom stereocenters. The summed E-state index contributed by atoms with van der Waals surface area (Å²) >= 11 is 1.27. The number of Topliss-reactive ketones (excluding diaryl/α,β-unsaturated/α-hetero) is 1. The number of para-hydroxylation sites is 2. The summed E-state index contributed by atoms with van der Waals surface area (Å²) in [6.45, 7) is 2.41. The lowest BCUT2D eigenvalue weighted by Gasteiger charge is -2.24. The molecule has 4 aromatic carbocycles. The highest BCUT2D eigenvalue weighted by Gasteiger charge is 2.46. The lowest BCUT2D eigenvalue weighted by atomic mass is 9.95. The Kier molecular flexibility index (Phi) is 6.64. The molecule has 1 N–H and O–H groups in total. The van der Waals surface area contributed by atoms with E-state index < -0.39 is 23.5 Å². The number of furan rings is 1. The van der Waals surface area contributed by atoms with Crippen molar-refractivity contribution < 1.29 is 28.6 Å². The van der Waals surface area contributed by atoms with Gasteiger partial charge in [0.2, 0.25) is 5.78 Å². The van der Waals surface area contributed by atoms with E-state index in [1.165, 1.54) is 16.2 Å². The molecule has 0 spiro atoms. The largest absolute Gasteiger partial charge is 0.503 e. The van der Waals surface area contributed by atoms with Crippen LogP contribution >= 0.6 is 11.3 Å². The Bertz CT molecular complexity index is 2010. The molecule has 1 amide bonds. The number of aromatic nitrogens is 1. The van der Waals surface area contributed by atoms with E-state index in [2.05, 4.69) is 0 Å². The van der Waals surface area contributed by atoms with Crippen LogP contribution in [-0.4, -0.2) is 28.4 Å². The molecule has 6 aromatic rings. The maximum atomic E-state index is 14.0.